The molecule has 0 nitrogen and oxygen atoms in total. The average molecular weight is 201 g/mol. The Morgan fingerprint density at radius 2 is 2.08 bits per heavy atom. The molecule has 0 spiro atoms. The summed E-state index contributed by atoms with van der Waals surface area (Å²) >= 11 is 1.10. The Hall–Kier alpha value is -1.03. The van der Waals surface area contributed by atoms with Gasteiger partial charge in [-0.2, -0.15) is 13.2 Å². The monoisotopic (exact) mass is 201 g/mol. The van der Waals surface area contributed by atoms with Crippen molar-refractivity contribution in [3.05, 3.63) is 35.2 Å². The Morgan fingerprint density at radius 3 is 2.77 bits per heavy atom. The van der Waals surface area contributed by atoms with Gasteiger partial charge in [-0.1, -0.05) is 6.07 Å². The molecule has 0 saturated carbocycles. The average Bonchev–Trinajstić information content (AvgIpc) is 2.45. The summed E-state index contributed by atoms with van der Waals surface area (Å²) in [5.74, 6) is 0. The Kier molecular flexibility index (Phi) is 1.80. The van der Waals surface area contributed by atoms with Crippen molar-refractivity contribution in [2.75, 3.05) is 0 Å². The topological polar surface area (TPSA) is 0 Å². The van der Waals surface area contributed by atoms with Gasteiger partial charge in [-0.3, -0.25) is 0 Å². The lowest BCUT2D eigenvalue weighted by molar-refractivity contribution is -0.136. The van der Waals surface area contributed by atoms with E-state index >= 15 is 0 Å². The molecule has 0 aliphatic heterocycles. The van der Waals surface area contributed by atoms with Crippen molar-refractivity contribution in [1.29, 1.82) is 0 Å². The Morgan fingerprint density at radius 1 is 1.31 bits per heavy atom. The highest BCUT2D eigenvalue weighted by molar-refractivity contribution is 7.17. The molecule has 1 aromatic carbocycles. The molecule has 1 aromatic heterocycles. The summed E-state index contributed by atoms with van der Waals surface area (Å²) in [6.07, 6.45) is -4.26. The maximum Gasteiger partial charge on any atom is 0.417 e. The van der Waals surface area contributed by atoms with Crippen LogP contribution in [0, 0.1) is 6.07 Å². The van der Waals surface area contributed by atoms with Crippen LogP contribution in [0.15, 0.2) is 23.6 Å². The van der Waals surface area contributed by atoms with E-state index in [2.05, 4.69) is 6.07 Å². The Balaban J connectivity index is 2.72. The van der Waals surface area contributed by atoms with E-state index < -0.39 is 11.7 Å². The SMILES string of the molecule is FC(F)(F)c1csc2cc[c]cc12. The molecule has 13 heavy (non-hydrogen) atoms. The molecule has 0 saturated heterocycles. The van der Waals surface area contributed by atoms with Gasteiger partial charge in [0.25, 0.3) is 0 Å². The number of fused-ring (bicyclic) bond motifs is 1. The summed E-state index contributed by atoms with van der Waals surface area (Å²) in [6.45, 7) is 0. The van der Waals surface area contributed by atoms with E-state index in [-0.39, 0.29) is 5.39 Å². The van der Waals surface area contributed by atoms with E-state index in [0.29, 0.717) is 4.70 Å². The molecule has 0 N–H and O–H groups in total. The molecule has 0 unspecified atom stereocenters. The first-order chi connectivity index (χ1) is 6.09. The molecule has 2 rings (SSSR count). The number of halogens is 3. The predicted octanol–water partition coefficient (Wildman–Crippen LogP) is 3.72. The summed E-state index contributed by atoms with van der Waals surface area (Å²) in [7, 11) is 0. The lowest BCUT2D eigenvalue weighted by Gasteiger charge is -2.03. The van der Waals surface area contributed by atoms with Crippen molar-refractivity contribution < 1.29 is 13.2 Å². The molecule has 0 aliphatic carbocycles. The van der Waals surface area contributed by atoms with Crippen LogP contribution in [0.4, 0.5) is 13.2 Å². The quantitative estimate of drug-likeness (QED) is 0.609. The fourth-order valence-electron chi connectivity index (χ4n) is 1.13. The molecule has 4 heteroatoms. The molecule has 0 bridgehead atoms. The van der Waals surface area contributed by atoms with Gasteiger partial charge in [0.15, 0.2) is 0 Å². The Labute approximate surface area is 76.6 Å². The van der Waals surface area contributed by atoms with E-state index in [4.69, 9.17) is 0 Å². The van der Waals surface area contributed by atoms with Gasteiger partial charge in [0.2, 0.25) is 0 Å². The molecular weight excluding hydrogens is 197 g/mol. The van der Waals surface area contributed by atoms with Gasteiger partial charge in [-0.15, -0.1) is 11.3 Å². The van der Waals surface area contributed by atoms with Crippen molar-refractivity contribution >= 4 is 21.4 Å². The third-order valence-electron chi connectivity index (χ3n) is 1.72. The number of benzene rings is 1. The van der Waals surface area contributed by atoms with Crippen LogP contribution in [0.1, 0.15) is 5.56 Å². The van der Waals surface area contributed by atoms with E-state index in [1.165, 1.54) is 6.07 Å². The number of hydrogen-bond acceptors (Lipinski definition) is 1. The van der Waals surface area contributed by atoms with Crippen molar-refractivity contribution in [3.63, 3.8) is 0 Å². The van der Waals surface area contributed by atoms with Crippen LogP contribution < -0.4 is 0 Å². The molecular formula is C9H4F3S. The van der Waals surface area contributed by atoms with Crippen molar-refractivity contribution in [3.8, 4) is 0 Å². The number of alkyl halides is 3. The number of hydrogen-bond donors (Lipinski definition) is 0. The van der Waals surface area contributed by atoms with Gasteiger partial charge in [0.1, 0.15) is 0 Å². The summed E-state index contributed by atoms with van der Waals surface area (Å²) in [5, 5.41) is 1.37. The zero-order valence-corrected chi connectivity index (χ0v) is 7.17. The van der Waals surface area contributed by atoms with Gasteiger partial charge in [0.05, 0.1) is 5.56 Å². The molecule has 0 atom stereocenters. The lowest BCUT2D eigenvalue weighted by atomic mass is 10.2. The van der Waals surface area contributed by atoms with Crippen molar-refractivity contribution in [2.45, 2.75) is 6.18 Å². The minimum atomic E-state index is -4.26. The minimum absolute atomic E-state index is 0.236. The lowest BCUT2D eigenvalue weighted by Crippen LogP contribution is -2.02. The highest BCUT2D eigenvalue weighted by atomic mass is 32.1. The maximum absolute atomic E-state index is 12.3. The minimum Gasteiger partial charge on any atom is -0.166 e. The van der Waals surface area contributed by atoms with Gasteiger partial charge in [-0.05, 0) is 18.2 Å². The largest absolute Gasteiger partial charge is 0.417 e. The highest BCUT2D eigenvalue weighted by Gasteiger charge is 2.33. The second-order valence-corrected chi connectivity index (χ2v) is 3.48. The van der Waals surface area contributed by atoms with Crippen molar-refractivity contribution in [1.82, 2.24) is 0 Å². The van der Waals surface area contributed by atoms with E-state index in [0.717, 1.165) is 16.7 Å². The van der Waals surface area contributed by atoms with Crippen LogP contribution in [0.3, 0.4) is 0 Å². The maximum atomic E-state index is 12.3. The molecule has 1 heterocycles. The molecule has 1 radical (unpaired) electrons. The van der Waals surface area contributed by atoms with Gasteiger partial charge < -0.3 is 0 Å². The number of rotatable bonds is 0. The Bertz CT molecular complexity index is 428. The first-order valence-electron chi connectivity index (χ1n) is 3.53. The third kappa shape index (κ3) is 1.42. The van der Waals surface area contributed by atoms with Crippen LogP contribution in [-0.4, -0.2) is 0 Å². The second-order valence-electron chi connectivity index (χ2n) is 2.57. The second kappa shape index (κ2) is 2.73. The standard InChI is InChI=1S/C9H4F3S/c10-9(11,12)7-5-13-8-4-2-1-3-6(7)8/h2-5H. The van der Waals surface area contributed by atoms with Crippen LogP contribution in [0.2, 0.25) is 0 Å². The van der Waals surface area contributed by atoms with Crippen LogP contribution in [0.5, 0.6) is 0 Å². The zero-order valence-electron chi connectivity index (χ0n) is 6.35. The summed E-state index contributed by atoms with van der Waals surface area (Å²) in [5.41, 5.74) is -0.565. The van der Waals surface area contributed by atoms with Crippen molar-refractivity contribution in [2.24, 2.45) is 0 Å². The van der Waals surface area contributed by atoms with Crippen LogP contribution >= 0.6 is 11.3 Å². The van der Waals surface area contributed by atoms with E-state index in [1.54, 1.807) is 12.1 Å². The van der Waals surface area contributed by atoms with E-state index in [1.807, 2.05) is 0 Å². The van der Waals surface area contributed by atoms with Gasteiger partial charge in [0, 0.05) is 15.5 Å². The zero-order chi connectivity index (χ0) is 9.47. The number of thiophene rings is 1. The smallest absolute Gasteiger partial charge is 0.166 e. The molecule has 2 aromatic rings. The van der Waals surface area contributed by atoms with Crippen LogP contribution in [-0.2, 0) is 6.18 Å². The first-order valence-corrected chi connectivity index (χ1v) is 4.41. The molecule has 0 amide bonds. The third-order valence-corrected chi connectivity index (χ3v) is 2.69. The normalized spacial score (nSPS) is 12.2. The first kappa shape index (κ1) is 8.56. The van der Waals surface area contributed by atoms with Crippen LogP contribution in [0.25, 0.3) is 10.1 Å². The fraction of sp³-hybridized carbons (Fsp3) is 0.111. The fourth-order valence-corrected chi connectivity index (χ4v) is 2.08. The molecule has 0 fully saturated rings. The summed E-state index contributed by atoms with van der Waals surface area (Å²) < 4.78 is 37.7. The van der Waals surface area contributed by atoms with E-state index in [9.17, 15) is 13.2 Å². The summed E-state index contributed by atoms with van der Waals surface area (Å²) in [6, 6.07) is 7.25. The summed E-state index contributed by atoms with van der Waals surface area (Å²) in [4.78, 5) is 0. The highest BCUT2D eigenvalue weighted by Crippen LogP contribution is 2.37. The van der Waals surface area contributed by atoms with Gasteiger partial charge >= 0.3 is 6.18 Å². The predicted molar refractivity (Wildman–Crippen MR) is 45.7 cm³/mol. The molecule has 0 aliphatic rings. The van der Waals surface area contributed by atoms with Gasteiger partial charge in [-0.25, -0.2) is 0 Å². The molecule has 67 valence electrons.